The molecule has 1 aromatic carbocycles. The first-order valence-corrected chi connectivity index (χ1v) is 11.6. The van der Waals surface area contributed by atoms with E-state index >= 15 is 0 Å². The number of benzene rings is 1. The Kier molecular flexibility index (Phi) is 8.87. The van der Waals surface area contributed by atoms with Gasteiger partial charge in [0.15, 0.2) is 27.3 Å². The predicted octanol–water partition coefficient (Wildman–Crippen LogP) is 0.452. The van der Waals surface area contributed by atoms with Crippen LogP contribution in [0.15, 0.2) is 29.2 Å². The summed E-state index contributed by atoms with van der Waals surface area (Å²) in [6.45, 7) is 3.47. The number of esters is 4. The van der Waals surface area contributed by atoms with Crippen molar-refractivity contribution < 1.29 is 56.2 Å². The Morgan fingerprint density at radius 1 is 0.886 bits per heavy atom. The van der Waals surface area contributed by atoms with Gasteiger partial charge >= 0.3 is 23.9 Å². The Morgan fingerprint density at radius 3 is 1.86 bits per heavy atom. The molecule has 14 nitrogen and oxygen atoms in total. The standard InChI is InChI=1S/C20H23NO13S/c1-10(22)30-9-16-17(31-11(2)23)18(32-12(3)24)19(20(34-16)33-13(4)25)35(28,29)15-7-5-14(6-8-15)21(26)27/h5-8,16-20H,9H2,1-4H3/t16-,17-,18+,19-,20-/m1/s1. The van der Waals surface area contributed by atoms with Crippen LogP contribution < -0.4 is 0 Å². The summed E-state index contributed by atoms with van der Waals surface area (Å²) in [7, 11) is -4.62. The van der Waals surface area contributed by atoms with E-state index in [1.54, 1.807) is 0 Å². The maximum absolute atomic E-state index is 13.6. The van der Waals surface area contributed by atoms with E-state index in [1.807, 2.05) is 0 Å². The van der Waals surface area contributed by atoms with Crippen molar-refractivity contribution in [2.45, 2.75) is 62.4 Å². The molecule has 0 aromatic heterocycles. The molecule has 1 fully saturated rings. The molecule has 1 aliphatic heterocycles. The molecule has 0 N–H and O–H groups in total. The lowest BCUT2D eigenvalue weighted by atomic mass is 10.0. The molecule has 0 aliphatic carbocycles. The van der Waals surface area contributed by atoms with Crippen LogP contribution in [0.25, 0.3) is 0 Å². The maximum Gasteiger partial charge on any atom is 0.304 e. The molecule has 1 aromatic rings. The third-order valence-electron chi connectivity index (χ3n) is 4.66. The second-order valence-corrected chi connectivity index (χ2v) is 9.47. The smallest absolute Gasteiger partial charge is 0.304 e. The van der Waals surface area contributed by atoms with Crippen LogP contribution in [-0.2, 0) is 52.7 Å². The largest absolute Gasteiger partial charge is 0.463 e. The summed E-state index contributed by atoms with van der Waals surface area (Å²) in [6, 6.07) is 3.75. The summed E-state index contributed by atoms with van der Waals surface area (Å²) in [6.07, 6.45) is -6.67. The fourth-order valence-electron chi connectivity index (χ4n) is 3.37. The van der Waals surface area contributed by atoms with Gasteiger partial charge in [0.05, 0.1) is 9.82 Å². The highest BCUT2D eigenvalue weighted by Crippen LogP contribution is 2.35. The number of ether oxygens (including phenoxy) is 5. The van der Waals surface area contributed by atoms with Gasteiger partial charge in [-0.3, -0.25) is 29.3 Å². The highest BCUT2D eigenvalue weighted by Gasteiger charge is 2.57. The first-order chi connectivity index (χ1) is 16.2. The summed E-state index contributed by atoms with van der Waals surface area (Å²) in [5.74, 6) is -3.58. The van der Waals surface area contributed by atoms with Crippen molar-refractivity contribution >= 4 is 39.4 Å². The number of nitrogens with zero attached hydrogens (tertiary/aromatic N) is 1. The lowest BCUT2D eigenvalue weighted by molar-refractivity contribution is -0.384. The van der Waals surface area contributed by atoms with Crippen LogP contribution in [0.4, 0.5) is 5.69 Å². The Bertz CT molecular complexity index is 1100. The van der Waals surface area contributed by atoms with Gasteiger partial charge in [0.1, 0.15) is 12.7 Å². The van der Waals surface area contributed by atoms with E-state index in [1.165, 1.54) is 0 Å². The first kappa shape index (κ1) is 27.7. The van der Waals surface area contributed by atoms with Crippen LogP contribution in [0.5, 0.6) is 0 Å². The first-order valence-electron chi connectivity index (χ1n) is 10.0. The van der Waals surface area contributed by atoms with Crippen LogP contribution in [0.1, 0.15) is 27.7 Å². The monoisotopic (exact) mass is 517 g/mol. The van der Waals surface area contributed by atoms with E-state index < -0.39 is 85.7 Å². The van der Waals surface area contributed by atoms with Crippen LogP contribution in [0.3, 0.4) is 0 Å². The minimum absolute atomic E-state index is 0.392. The molecule has 2 rings (SSSR count). The molecule has 35 heavy (non-hydrogen) atoms. The Morgan fingerprint density at radius 2 is 1.40 bits per heavy atom. The van der Waals surface area contributed by atoms with Crippen molar-refractivity contribution in [3.8, 4) is 0 Å². The Balaban J connectivity index is 2.66. The summed E-state index contributed by atoms with van der Waals surface area (Å²) >= 11 is 0. The van der Waals surface area contributed by atoms with Crippen LogP contribution in [0.2, 0.25) is 0 Å². The molecule has 0 spiro atoms. The van der Waals surface area contributed by atoms with Crippen molar-refractivity contribution in [1.82, 2.24) is 0 Å². The van der Waals surface area contributed by atoms with Crippen molar-refractivity contribution in [3.63, 3.8) is 0 Å². The van der Waals surface area contributed by atoms with Gasteiger partial charge in [-0.1, -0.05) is 0 Å². The summed E-state index contributed by atoms with van der Waals surface area (Å²) < 4.78 is 53.1. The minimum Gasteiger partial charge on any atom is -0.463 e. The van der Waals surface area contributed by atoms with Gasteiger partial charge in [0.2, 0.25) is 6.29 Å². The predicted molar refractivity (Wildman–Crippen MR) is 112 cm³/mol. The van der Waals surface area contributed by atoms with E-state index in [4.69, 9.17) is 23.7 Å². The van der Waals surface area contributed by atoms with Gasteiger partial charge in [-0.2, -0.15) is 0 Å². The van der Waals surface area contributed by atoms with Crippen LogP contribution in [-0.4, -0.2) is 73.7 Å². The number of carbonyl (C=O) groups excluding carboxylic acids is 4. The van der Waals surface area contributed by atoms with E-state index in [0.717, 1.165) is 52.0 Å². The molecule has 1 aliphatic rings. The van der Waals surface area contributed by atoms with Crippen LogP contribution >= 0.6 is 0 Å². The topological polar surface area (TPSA) is 192 Å². The fraction of sp³-hybridized carbons (Fsp3) is 0.500. The third-order valence-corrected chi connectivity index (χ3v) is 6.80. The average molecular weight is 517 g/mol. The number of nitro benzene ring substituents is 1. The summed E-state index contributed by atoms with van der Waals surface area (Å²) in [5, 5.41) is 8.98. The van der Waals surface area contributed by atoms with Crippen molar-refractivity contribution in [3.05, 3.63) is 34.4 Å². The third kappa shape index (κ3) is 6.95. The summed E-state index contributed by atoms with van der Waals surface area (Å²) in [4.78, 5) is 56.5. The number of hydrogen-bond acceptors (Lipinski definition) is 13. The molecule has 0 amide bonds. The van der Waals surface area contributed by atoms with E-state index in [0.29, 0.717) is 0 Å². The van der Waals surface area contributed by atoms with Crippen LogP contribution in [0, 0.1) is 10.1 Å². The van der Waals surface area contributed by atoms with Crippen molar-refractivity contribution in [1.29, 1.82) is 0 Å². The Hall–Kier alpha value is -3.59. The number of rotatable bonds is 8. The number of carbonyl (C=O) groups is 4. The number of non-ortho nitro benzene ring substituents is 1. The second kappa shape index (κ2) is 11.2. The molecule has 0 bridgehead atoms. The second-order valence-electron chi connectivity index (χ2n) is 7.36. The molecule has 15 heteroatoms. The molecule has 1 saturated heterocycles. The lowest BCUT2D eigenvalue weighted by Gasteiger charge is -2.43. The molecule has 0 unspecified atom stereocenters. The van der Waals surface area contributed by atoms with E-state index in [9.17, 15) is 37.7 Å². The lowest BCUT2D eigenvalue weighted by Crippen LogP contribution is -2.64. The van der Waals surface area contributed by atoms with Crippen molar-refractivity contribution in [2.75, 3.05) is 6.61 Å². The van der Waals surface area contributed by atoms with Gasteiger partial charge in [0.25, 0.3) is 5.69 Å². The van der Waals surface area contributed by atoms with Gasteiger partial charge in [-0.15, -0.1) is 0 Å². The molecule has 0 saturated carbocycles. The zero-order valence-electron chi connectivity index (χ0n) is 19.1. The van der Waals surface area contributed by atoms with Gasteiger partial charge in [0, 0.05) is 39.8 Å². The number of hydrogen-bond donors (Lipinski definition) is 0. The van der Waals surface area contributed by atoms with Gasteiger partial charge < -0.3 is 23.7 Å². The molecule has 5 atom stereocenters. The van der Waals surface area contributed by atoms with Crippen molar-refractivity contribution in [2.24, 2.45) is 0 Å². The average Bonchev–Trinajstić information content (AvgIpc) is 2.73. The number of sulfone groups is 1. The number of nitro groups is 1. The van der Waals surface area contributed by atoms with E-state index in [2.05, 4.69) is 0 Å². The zero-order chi connectivity index (χ0) is 26.5. The molecular formula is C20H23NO13S. The van der Waals surface area contributed by atoms with Gasteiger partial charge in [-0.05, 0) is 12.1 Å². The minimum atomic E-state index is -4.62. The fourth-order valence-corrected chi connectivity index (χ4v) is 5.18. The highest BCUT2D eigenvalue weighted by molar-refractivity contribution is 7.92. The molecule has 0 radical (unpaired) electrons. The normalized spacial score (nSPS) is 24.1. The molecular weight excluding hydrogens is 494 g/mol. The Labute approximate surface area is 199 Å². The quantitative estimate of drug-likeness (QED) is 0.200. The highest BCUT2D eigenvalue weighted by atomic mass is 32.2. The summed E-state index contributed by atoms with van der Waals surface area (Å²) in [5.41, 5.74) is -0.392. The molecule has 192 valence electrons. The van der Waals surface area contributed by atoms with Gasteiger partial charge in [-0.25, -0.2) is 8.42 Å². The molecule has 1 heterocycles. The maximum atomic E-state index is 13.6. The SMILES string of the molecule is CC(=O)OC[C@H]1O[C@@H](OC(C)=O)[C@H](S(=O)(=O)c2ccc([N+](=O)[O-])cc2)[C@@H](OC(C)=O)[C@@H]1OC(C)=O. The zero-order valence-corrected chi connectivity index (χ0v) is 19.9. The van der Waals surface area contributed by atoms with E-state index in [-0.39, 0.29) is 0 Å².